The Morgan fingerprint density at radius 3 is 2.52 bits per heavy atom. The minimum atomic E-state index is -0.114. The van der Waals surface area contributed by atoms with Gasteiger partial charge in [-0.25, -0.2) is 0 Å². The van der Waals surface area contributed by atoms with Gasteiger partial charge in [0.15, 0.2) is 5.78 Å². The fourth-order valence-electron chi connectivity index (χ4n) is 3.51. The van der Waals surface area contributed by atoms with Crippen LogP contribution >= 0.6 is 0 Å². The summed E-state index contributed by atoms with van der Waals surface area (Å²) >= 11 is 0. The lowest BCUT2D eigenvalue weighted by Crippen LogP contribution is -2.21. The first-order chi connectivity index (χ1) is 13.2. The molecule has 27 heavy (non-hydrogen) atoms. The van der Waals surface area contributed by atoms with Crippen LogP contribution in [0.4, 0.5) is 5.69 Å². The molecule has 1 amide bonds. The molecule has 2 N–H and O–H groups in total. The first-order valence-electron chi connectivity index (χ1n) is 9.59. The van der Waals surface area contributed by atoms with Crippen LogP contribution in [0.1, 0.15) is 52.7 Å². The lowest BCUT2D eigenvalue weighted by molar-refractivity contribution is -0.116. The van der Waals surface area contributed by atoms with Gasteiger partial charge in [0, 0.05) is 29.9 Å². The van der Waals surface area contributed by atoms with Crippen molar-refractivity contribution in [3.63, 3.8) is 0 Å². The van der Waals surface area contributed by atoms with Gasteiger partial charge in [-0.15, -0.1) is 0 Å². The Morgan fingerprint density at radius 1 is 0.963 bits per heavy atom. The van der Waals surface area contributed by atoms with Gasteiger partial charge in [-0.2, -0.15) is 0 Å². The van der Waals surface area contributed by atoms with Gasteiger partial charge in [-0.3, -0.25) is 9.59 Å². The van der Waals surface area contributed by atoms with Gasteiger partial charge in [0.1, 0.15) is 0 Å². The number of hydrogen-bond acceptors (Lipinski definition) is 3. The van der Waals surface area contributed by atoms with Gasteiger partial charge < -0.3 is 10.6 Å². The molecule has 0 saturated carbocycles. The number of rotatable bonds is 9. The summed E-state index contributed by atoms with van der Waals surface area (Å²) in [6.07, 6.45) is 6.26. The number of benzene rings is 2. The average Bonchev–Trinajstić information content (AvgIpc) is 2.69. The second kappa shape index (κ2) is 9.17. The van der Waals surface area contributed by atoms with Crippen molar-refractivity contribution in [3.8, 4) is 0 Å². The number of fused-ring (bicyclic) bond motifs is 2. The predicted octanol–water partition coefficient (Wildman–Crippen LogP) is 4.10. The highest BCUT2D eigenvalue weighted by atomic mass is 16.1. The van der Waals surface area contributed by atoms with E-state index >= 15 is 0 Å². The molecule has 0 atom stereocenters. The predicted molar refractivity (Wildman–Crippen MR) is 109 cm³/mol. The quantitative estimate of drug-likeness (QED) is 0.445. The molecule has 1 aliphatic rings. The van der Waals surface area contributed by atoms with Crippen molar-refractivity contribution in [1.29, 1.82) is 0 Å². The third-order valence-electron chi connectivity index (χ3n) is 4.92. The number of carbonyl (C=O) groups is 2. The first kappa shape index (κ1) is 18.9. The summed E-state index contributed by atoms with van der Waals surface area (Å²) < 4.78 is 0. The zero-order valence-electron chi connectivity index (χ0n) is 15.6. The fourth-order valence-corrected chi connectivity index (χ4v) is 3.51. The number of ketones is 1. The number of anilines is 1. The maximum Gasteiger partial charge on any atom is 0.243 e. The van der Waals surface area contributed by atoms with Crippen LogP contribution < -0.4 is 10.6 Å². The Morgan fingerprint density at radius 2 is 1.70 bits per heavy atom. The van der Waals surface area contributed by atoms with Crippen molar-refractivity contribution in [3.05, 3.63) is 77.4 Å². The highest BCUT2D eigenvalue weighted by Gasteiger charge is 2.25. The van der Waals surface area contributed by atoms with Crippen LogP contribution in [0.2, 0.25) is 0 Å². The molecule has 140 valence electrons. The molecule has 0 spiro atoms. The summed E-state index contributed by atoms with van der Waals surface area (Å²) in [6.45, 7) is 4.96. The third-order valence-corrected chi connectivity index (χ3v) is 4.92. The molecular weight excluding hydrogens is 336 g/mol. The smallest absolute Gasteiger partial charge is 0.243 e. The summed E-state index contributed by atoms with van der Waals surface area (Å²) in [5, 5.41) is 6.23. The average molecular weight is 362 g/mol. The van der Waals surface area contributed by atoms with E-state index in [4.69, 9.17) is 0 Å². The normalized spacial score (nSPS) is 12.1. The molecule has 0 aliphatic heterocycles. The number of carbonyl (C=O) groups excluding carboxylic acids is 2. The van der Waals surface area contributed by atoms with Gasteiger partial charge in [0.05, 0.1) is 0 Å². The van der Waals surface area contributed by atoms with Crippen molar-refractivity contribution in [2.24, 2.45) is 0 Å². The molecule has 3 rings (SSSR count). The lowest BCUT2D eigenvalue weighted by Gasteiger charge is -2.21. The third kappa shape index (κ3) is 4.64. The van der Waals surface area contributed by atoms with E-state index in [0.29, 0.717) is 6.54 Å². The summed E-state index contributed by atoms with van der Waals surface area (Å²) in [4.78, 5) is 24.0. The van der Waals surface area contributed by atoms with E-state index < -0.39 is 0 Å². The molecule has 0 unspecified atom stereocenters. The number of unbranched alkanes of at least 4 members (excludes halogenated alkanes) is 3. The van der Waals surface area contributed by atoms with Crippen molar-refractivity contribution >= 4 is 17.4 Å². The number of hydrogen-bond donors (Lipinski definition) is 2. The Bertz CT molecular complexity index is 842. The van der Waals surface area contributed by atoms with Crippen molar-refractivity contribution in [2.75, 3.05) is 18.4 Å². The van der Waals surface area contributed by atoms with Crippen LogP contribution in [0.15, 0.2) is 55.1 Å². The Hall–Kier alpha value is -2.88. The van der Waals surface area contributed by atoms with E-state index in [9.17, 15) is 9.59 Å². The molecular formula is C23H26N2O2. The molecule has 0 bridgehead atoms. The molecule has 1 aliphatic carbocycles. The van der Waals surface area contributed by atoms with E-state index in [0.717, 1.165) is 66.6 Å². The van der Waals surface area contributed by atoms with Crippen LogP contribution in [-0.2, 0) is 11.2 Å². The first-order valence-corrected chi connectivity index (χ1v) is 9.59. The van der Waals surface area contributed by atoms with Gasteiger partial charge in [0.25, 0.3) is 0 Å². The monoisotopic (exact) mass is 362 g/mol. The summed E-state index contributed by atoms with van der Waals surface area (Å²) in [6, 6.07) is 13.9. The van der Waals surface area contributed by atoms with Crippen molar-refractivity contribution in [1.82, 2.24) is 5.32 Å². The molecule has 0 radical (unpaired) electrons. The SMILES string of the molecule is C=CC(=O)NCCCCCCNc1cccc2c1C(=O)c1ccccc1C2. The summed E-state index contributed by atoms with van der Waals surface area (Å²) in [5.74, 6) is 0.00432. The highest BCUT2D eigenvalue weighted by molar-refractivity contribution is 6.15. The van der Waals surface area contributed by atoms with Gasteiger partial charge in [-0.05, 0) is 42.5 Å². The largest absolute Gasteiger partial charge is 0.384 e. The van der Waals surface area contributed by atoms with E-state index in [2.05, 4.69) is 17.2 Å². The minimum Gasteiger partial charge on any atom is -0.384 e. The van der Waals surface area contributed by atoms with Crippen LogP contribution in [0.25, 0.3) is 0 Å². The van der Waals surface area contributed by atoms with Gasteiger partial charge in [-0.1, -0.05) is 55.8 Å². The van der Waals surface area contributed by atoms with Crippen LogP contribution in [0, 0.1) is 0 Å². The molecule has 0 aromatic heterocycles. The zero-order valence-corrected chi connectivity index (χ0v) is 15.6. The van der Waals surface area contributed by atoms with E-state index in [1.165, 1.54) is 6.08 Å². The van der Waals surface area contributed by atoms with Gasteiger partial charge in [0.2, 0.25) is 5.91 Å². The maximum atomic E-state index is 12.9. The molecule has 4 heteroatoms. The number of nitrogens with one attached hydrogen (secondary N) is 2. The van der Waals surface area contributed by atoms with Crippen LogP contribution in [-0.4, -0.2) is 24.8 Å². The molecule has 0 saturated heterocycles. The molecule has 2 aromatic carbocycles. The minimum absolute atomic E-state index is 0.114. The van der Waals surface area contributed by atoms with Crippen LogP contribution in [0.5, 0.6) is 0 Å². The van der Waals surface area contributed by atoms with Crippen LogP contribution in [0.3, 0.4) is 0 Å². The summed E-state index contributed by atoms with van der Waals surface area (Å²) in [7, 11) is 0. The zero-order chi connectivity index (χ0) is 19.1. The van der Waals surface area contributed by atoms with E-state index in [1.807, 2.05) is 42.5 Å². The van der Waals surface area contributed by atoms with Gasteiger partial charge >= 0.3 is 0 Å². The Labute approximate surface area is 160 Å². The Balaban J connectivity index is 1.49. The fraction of sp³-hybridized carbons (Fsp3) is 0.304. The van der Waals surface area contributed by atoms with E-state index in [-0.39, 0.29) is 11.7 Å². The standard InChI is InChI=1S/C23H26N2O2/c1-2-21(26)25-15-8-4-3-7-14-24-20-13-9-11-18-16-17-10-5-6-12-19(17)23(27)22(18)20/h2,5-6,9-13,24H,1,3-4,7-8,14-16H2,(H,25,26). The van der Waals surface area contributed by atoms with Crippen molar-refractivity contribution < 1.29 is 9.59 Å². The molecule has 0 fully saturated rings. The maximum absolute atomic E-state index is 12.9. The molecule has 4 nitrogen and oxygen atoms in total. The second-order valence-electron chi connectivity index (χ2n) is 6.84. The lowest BCUT2D eigenvalue weighted by atomic mass is 9.84. The number of amides is 1. The van der Waals surface area contributed by atoms with Crippen molar-refractivity contribution in [2.45, 2.75) is 32.1 Å². The Kier molecular flexibility index (Phi) is 6.42. The molecule has 2 aromatic rings. The highest BCUT2D eigenvalue weighted by Crippen LogP contribution is 2.31. The topological polar surface area (TPSA) is 58.2 Å². The molecule has 0 heterocycles. The van der Waals surface area contributed by atoms with E-state index in [1.54, 1.807) is 0 Å². The summed E-state index contributed by atoms with van der Waals surface area (Å²) in [5.41, 5.74) is 4.78. The second-order valence-corrected chi connectivity index (χ2v) is 6.84.